The molecule has 1 amide bonds. The Labute approximate surface area is 286 Å². The molecule has 0 aromatic heterocycles. The first-order valence-corrected chi connectivity index (χ1v) is 17.4. The van der Waals surface area contributed by atoms with Crippen LogP contribution in [0.4, 0.5) is 4.79 Å². The number of ketones is 1. The minimum absolute atomic E-state index is 0.00358. The molecular formula is C35H53NO13. The van der Waals surface area contributed by atoms with Crippen LogP contribution in [0.25, 0.3) is 0 Å². The fourth-order valence-electron chi connectivity index (χ4n) is 9.27. The molecule has 4 aliphatic carbocycles. The molecule has 11 atom stereocenters. The summed E-state index contributed by atoms with van der Waals surface area (Å²) in [4.78, 5) is 53.5. The molecular weight excluding hydrogens is 642 g/mol. The molecule has 0 aromatic carbocycles. The third-order valence-electron chi connectivity index (χ3n) is 12.3. The number of alkyl carbamates (subject to hydrolysis) is 1. The van der Waals surface area contributed by atoms with Gasteiger partial charge in [-0.25, -0.2) is 9.59 Å². The first kappa shape index (κ1) is 37.6. The van der Waals surface area contributed by atoms with Gasteiger partial charge in [0.05, 0.1) is 30.3 Å². The summed E-state index contributed by atoms with van der Waals surface area (Å²) in [7, 11) is 0. The van der Waals surface area contributed by atoms with Crippen LogP contribution in [0, 0.1) is 22.7 Å². The van der Waals surface area contributed by atoms with Gasteiger partial charge in [-0.3, -0.25) is 9.59 Å². The SMILES string of the molecule is CC(=O)O[C@H]1[C@@H]2[C@]3(O)CO[C@@H]3C[C@H](O)[C@@]2(C)C(=O)[C@H](O)C2=C(C)[C@@H](OC(=O)[C@H](O)[C@@H](NC(=O)OC3CCCCC3)C(C)C)C[C@]1(O)C2(C)C. The summed E-state index contributed by atoms with van der Waals surface area (Å²) in [6.45, 7) is 10.3. The number of hydrogen-bond acceptors (Lipinski definition) is 13. The number of aliphatic hydroxyl groups is 5. The van der Waals surface area contributed by atoms with Gasteiger partial charge in [-0.1, -0.05) is 34.1 Å². The number of carbonyl (C=O) groups is 4. The molecule has 5 aliphatic rings. The Bertz CT molecular complexity index is 1370. The van der Waals surface area contributed by atoms with Crippen LogP contribution in [0.3, 0.4) is 0 Å². The molecule has 1 saturated heterocycles. The number of fused-ring (bicyclic) bond motifs is 5. The quantitative estimate of drug-likeness (QED) is 0.126. The maximum atomic E-state index is 14.4. The lowest BCUT2D eigenvalue weighted by molar-refractivity contribution is -0.345. The second kappa shape index (κ2) is 13.2. The van der Waals surface area contributed by atoms with Crippen molar-refractivity contribution in [1.82, 2.24) is 5.32 Å². The lowest BCUT2D eigenvalue weighted by atomic mass is 9.45. The van der Waals surface area contributed by atoms with E-state index in [-0.39, 0.29) is 30.3 Å². The average Bonchev–Trinajstić information content (AvgIpc) is 3.02. The molecule has 0 unspecified atom stereocenters. The summed E-state index contributed by atoms with van der Waals surface area (Å²) in [6, 6.07) is -1.11. The zero-order valence-electron chi connectivity index (χ0n) is 29.4. The highest BCUT2D eigenvalue weighted by Crippen LogP contribution is 2.63. The van der Waals surface area contributed by atoms with E-state index in [1.807, 2.05) is 0 Å². The minimum Gasteiger partial charge on any atom is -0.459 e. The zero-order chi connectivity index (χ0) is 36.4. The van der Waals surface area contributed by atoms with E-state index < -0.39 is 107 Å². The van der Waals surface area contributed by atoms with Gasteiger partial charge in [-0.05, 0) is 56.6 Å². The largest absolute Gasteiger partial charge is 0.459 e. The summed E-state index contributed by atoms with van der Waals surface area (Å²) >= 11 is 0. The van der Waals surface area contributed by atoms with Crippen LogP contribution >= 0.6 is 0 Å². The standard InChI is InChI=1S/C35H53NO13/c1-16(2)24(36-31(43)48-19-11-9-8-10-12-19)26(40)30(42)49-20-14-35(45)29(47-18(4)37)27-33(7,21(38)13-22-34(27,44)15-46-22)28(41)25(39)23(17(20)3)32(35,5)6/h16,19-22,24-27,29,38-40,44-45H,8-15H2,1-7H3,(H,36,43)/t20-,21-,22+,24-,25+,26+,27-,29-,33+,34-,35+/m0/s1. The van der Waals surface area contributed by atoms with E-state index >= 15 is 0 Å². The number of hydrogen-bond donors (Lipinski definition) is 6. The fraction of sp³-hybridized carbons (Fsp3) is 0.829. The Hall–Kier alpha value is -2.62. The molecule has 1 heterocycles. The van der Waals surface area contributed by atoms with Gasteiger partial charge < -0.3 is 49.8 Å². The normalized spacial score (nSPS) is 40.1. The first-order valence-electron chi connectivity index (χ1n) is 17.4. The summed E-state index contributed by atoms with van der Waals surface area (Å²) < 4.78 is 22.7. The van der Waals surface area contributed by atoms with Crippen molar-refractivity contribution < 1.29 is 63.7 Å². The van der Waals surface area contributed by atoms with Crippen molar-refractivity contribution >= 4 is 23.8 Å². The van der Waals surface area contributed by atoms with Crippen LogP contribution in [0.2, 0.25) is 0 Å². The van der Waals surface area contributed by atoms with Crippen LogP contribution < -0.4 is 5.32 Å². The predicted molar refractivity (Wildman–Crippen MR) is 171 cm³/mol. The van der Waals surface area contributed by atoms with Crippen molar-refractivity contribution in [3.05, 3.63) is 11.1 Å². The van der Waals surface area contributed by atoms with Crippen molar-refractivity contribution in [3.63, 3.8) is 0 Å². The van der Waals surface area contributed by atoms with Gasteiger partial charge in [-0.2, -0.15) is 0 Å². The van der Waals surface area contributed by atoms with Gasteiger partial charge >= 0.3 is 18.0 Å². The fourth-order valence-corrected chi connectivity index (χ4v) is 9.27. The summed E-state index contributed by atoms with van der Waals surface area (Å²) in [5.41, 5.74) is -7.22. The number of aliphatic hydroxyl groups excluding tert-OH is 3. The van der Waals surface area contributed by atoms with E-state index in [4.69, 9.17) is 18.9 Å². The van der Waals surface area contributed by atoms with Crippen LogP contribution in [0.15, 0.2) is 11.1 Å². The van der Waals surface area contributed by atoms with E-state index in [9.17, 15) is 44.7 Å². The van der Waals surface area contributed by atoms with Gasteiger partial charge in [0, 0.05) is 31.1 Å². The molecule has 49 heavy (non-hydrogen) atoms. The maximum absolute atomic E-state index is 14.4. The van der Waals surface area contributed by atoms with Crippen molar-refractivity contribution in [1.29, 1.82) is 0 Å². The molecule has 0 spiro atoms. The molecule has 0 radical (unpaired) electrons. The predicted octanol–water partition coefficient (Wildman–Crippen LogP) is 1.21. The van der Waals surface area contributed by atoms with Gasteiger partial charge in [0.15, 0.2) is 11.9 Å². The van der Waals surface area contributed by atoms with Gasteiger partial charge in [0.2, 0.25) is 0 Å². The maximum Gasteiger partial charge on any atom is 0.407 e. The van der Waals surface area contributed by atoms with Gasteiger partial charge in [0.25, 0.3) is 0 Å². The Kier molecular flexibility index (Phi) is 10.1. The highest BCUT2D eigenvalue weighted by atomic mass is 16.6. The van der Waals surface area contributed by atoms with E-state index in [0.29, 0.717) is 0 Å². The summed E-state index contributed by atoms with van der Waals surface area (Å²) in [5.74, 6) is -4.73. The topological polar surface area (TPSA) is 218 Å². The number of esters is 2. The molecule has 14 heteroatoms. The Morgan fingerprint density at radius 3 is 2.18 bits per heavy atom. The molecule has 14 nitrogen and oxygen atoms in total. The van der Waals surface area contributed by atoms with E-state index in [1.54, 1.807) is 27.7 Å². The number of rotatable bonds is 7. The second-order valence-electron chi connectivity index (χ2n) is 15.9. The zero-order valence-corrected chi connectivity index (χ0v) is 29.4. The van der Waals surface area contributed by atoms with Crippen LogP contribution in [0.5, 0.6) is 0 Å². The molecule has 0 aromatic rings. The molecule has 6 N–H and O–H groups in total. The van der Waals surface area contributed by atoms with Crippen molar-refractivity contribution in [2.24, 2.45) is 22.7 Å². The van der Waals surface area contributed by atoms with Gasteiger partial charge in [0.1, 0.15) is 35.6 Å². The van der Waals surface area contributed by atoms with Crippen molar-refractivity contribution in [3.8, 4) is 0 Å². The number of ether oxygens (including phenoxy) is 4. The first-order chi connectivity index (χ1) is 22.7. The molecule has 5 rings (SSSR count). The van der Waals surface area contributed by atoms with Crippen LogP contribution in [0.1, 0.15) is 93.4 Å². The van der Waals surface area contributed by atoms with Crippen molar-refractivity contribution in [2.45, 2.75) is 153 Å². The summed E-state index contributed by atoms with van der Waals surface area (Å²) in [5, 5.41) is 61.8. The number of amides is 1. The van der Waals surface area contributed by atoms with Gasteiger partial charge in [-0.15, -0.1) is 0 Å². The molecule has 276 valence electrons. The van der Waals surface area contributed by atoms with Crippen LogP contribution in [-0.2, 0) is 33.3 Å². The monoisotopic (exact) mass is 695 g/mol. The van der Waals surface area contributed by atoms with Crippen LogP contribution in [-0.4, -0.2) is 116 Å². The number of Topliss-reactive ketones (excluding diaryl/α,β-unsaturated/α-hetero) is 1. The second-order valence-corrected chi connectivity index (χ2v) is 15.9. The Morgan fingerprint density at radius 1 is 1.00 bits per heavy atom. The van der Waals surface area contributed by atoms with Crippen molar-refractivity contribution in [2.75, 3.05) is 6.61 Å². The lowest BCUT2D eigenvalue weighted by Crippen LogP contribution is -2.81. The highest BCUT2D eigenvalue weighted by Gasteiger charge is 2.76. The number of nitrogens with one attached hydrogen (secondary N) is 1. The number of carbonyl (C=O) groups excluding carboxylic acids is 4. The lowest BCUT2D eigenvalue weighted by Gasteiger charge is -2.66. The molecule has 3 saturated carbocycles. The third-order valence-corrected chi connectivity index (χ3v) is 12.3. The summed E-state index contributed by atoms with van der Waals surface area (Å²) in [6.07, 6.45) is -6.37. The molecule has 4 fully saturated rings. The Morgan fingerprint density at radius 2 is 1.63 bits per heavy atom. The molecule has 2 bridgehead atoms. The molecule has 1 aliphatic heterocycles. The third kappa shape index (κ3) is 5.99. The van der Waals surface area contributed by atoms with E-state index in [2.05, 4.69) is 5.32 Å². The smallest absolute Gasteiger partial charge is 0.407 e. The Balaban J connectivity index is 1.51. The average molecular weight is 696 g/mol. The highest BCUT2D eigenvalue weighted by molar-refractivity contribution is 5.93. The van der Waals surface area contributed by atoms with E-state index in [0.717, 1.165) is 39.0 Å². The minimum atomic E-state index is -2.20. The van der Waals surface area contributed by atoms with E-state index in [1.165, 1.54) is 13.8 Å².